The van der Waals surface area contributed by atoms with Gasteiger partial charge in [-0.2, -0.15) is 0 Å². The Bertz CT molecular complexity index is 671. The van der Waals surface area contributed by atoms with Gasteiger partial charge >= 0.3 is 0 Å². The molecule has 0 unspecified atom stereocenters. The first-order valence-electron chi connectivity index (χ1n) is 14.9. The van der Waals surface area contributed by atoms with Gasteiger partial charge in [-0.1, -0.05) is 108 Å². The smallest absolute Gasteiger partial charge is 0.0245 e. The van der Waals surface area contributed by atoms with E-state index in [4.69, 9.17) is 0 Å². The largest absolute Gasteiger partial charge is 0.0945 e. The van der Waals surface area contributed by atoms with E-state index >= 15 is 0 Å². The van der Waals surface area contributed by atoms with Gasteiger partial charge < -0.3 is 0 Å². The summed E-state index contributed by atoms with van der Waals surface area (Å²) in [6.07, 6.45) is 26.9. The Morgan fingerprint density at radius 2 is 1.21 bits per heavy atom. The minimum Gasteiger partial charge on any atom is -0.0945 e. The highest BCUT2D eigenvalue weighted by molar-refractivity contribution is 5.36. The van der Waals surface area contributed by atoms with E-state index in [1.165, 1.54) is 133 Å². The third-order valence-electron chi connectivity index (χ3n) is 8.74. The number of benzene rings is 1. The fourth-order valence-corrected chi connectivity index (χ4v) is 6.42. The van der Waals surface area contributed by atoms with Crippen molar-refractivity contribution in [2.24, 2.45) is 23.7 Å². The van der Waals surface area contributed by atoms with Gasteiger partial charge in [0, 0.05) is 11.5 Å². The van der Waals surface area contributed by atoms with E-state index in [-0.39, 0.29) is 0 Å². The van der Waals surface area contributed by atoms with E-state index in [1.54, 1.807) is 0 Å². The van der Waals surface area contributed by atoms with Gasteiger partial charge in [0.05, 0.1) is 0 Å². The van der Waals surface area contributed by atoms with E-state index in [0.717, 1.165) is 17.8 Å². The van der Waals surface area contributed by atoms with Crippen LogP contribution in [0, 0.1) is 35.5 Å². The van der Waals surface area contributed by atoms with Crippen LogP contribution in [0.4, 0.5) is 0 Å². The Kier molecular flexibility index (Phi) is 12.5. The predicted molar refractivity (Wildman–Crippen MR) is 145 cm³/mol. The highest BCUT2D eigenvalue weighted by Crippen LogP contribution is 2.42. The molecule has 1 aromatic rings. The average Bonchev–Trinajstić information content (AvgIpc) is 2.87. The lowest BCUT2D eigenvalue weighted by Gasteiger charge is -2.37. The van der Waals surface area contributed by atoms with Crippen molar-refractivity contribution in [2.45, 2.75) is 136 Å². The van der Waals surface area contributed by atoms with E-state index in [1.807, 2.05) is 0 Å². The number of hydrogen-bond donors (Lipinski definition) is 0. The SMILES string of the molecule is CCCCCCC[C@H]1CC[C@H](C2CCC(C#Cc3ccc(CCCCCC)cc3)CC2)CC1. The summed E-state index contributed by atoms with van der Waals surface area (Å²) < 4.78 is 0. The van der Waals surface area contributed by atoms with Crippen LogP contribution in [0.1, 0.15) is 141 Å². The minimum absolute atomic E-state index is 0.634. The van der Waals surface area contributed by atoms with Crippen LogP contribution in [0.5, 0.6) is 0 Å². The predicted octanol–water partition coefficient (Wildman–Crippen LogP) is 10.1. The van der Waals surface area contributed by atoms with Gasteiger partial charge in [-0.15, -0.1) is 0 Å². The second-order valence-corrected chi connectivity index (χ2v) is 11.4. The van der Waals surface area contributed by atoms with Gasteiger partial charge in [-0.3, -0.25) is 0 Å². The van der Waals surface area contributed by atoms with E-state index in [0.29, 0.717) is 5.92 Å². The third-order valence-corrected chi connectivity index (χ3v) is 8.74. The van der Waals surface area contributed by atoms with Gasteiger partial charge in [0.25, 0.3) is 0 Å². The molecule has 0 heteroatoms. The molecule has 0 saturated heterocycles. The summed E-state index contributed by atoms with van der Waals surface area (Å²) in [6.45, 7) is 4.59. The molecule has 0 spiro atoms. The number of unbranched alkanes of at least 4 members (excludes halogenated alkanes) is 7. The summed E-state index contributed by atoms with van der Waals surface area (Å²) in [7, 11) is 0. The Hall–Kier alpha value is -1.22. The maximum atomic E-state index is 3.64. The summed E-state index contributed by atoms with van der Waals surface area (Å²) in [5, 5.41) is 0. The van der Waals surface area contributed by atoms with E-state index in [9.17, 15) is 0 Å². The normalized spacial score (nSPS) is 25.4. The molecule has 0 nitrogen and oxygen atoms in total. The van der Waals surface area contributed by atoms with Crippen molar-refractivity contribution in [3.63, 3.8) is 0 Å². The monoisotopic (exact) mass is 448 g/mol. The molecule has 0 N–H and O–H groups in total. The maximum Gasteiger partial charge on any atom is 0.0245 e. The molecule has 0 radical (unpaired) electrons. The van der Waals surface area contributed by atoms with Gasteiger partial charge in [0.15, 0.2) is 0 Å². The van der Waals surface area contributed by atoms with Crippen molar-refractivity contribution in [3.8, 4) is 11.8 Å². The van der Waals surface area contributed by atoms with Gasteiger partial charge in [-0.05, 0) is 86.8 Å². The van der Waals surface area contributed by atoms with Crippen molar-refractivity contribution in [1.29, 1.82) is 0 Å². The molecule has 0 atom stereocenters. The lowest BCUT2D eigenvalue weighted by Crippen LogP contribution is -2.25. The van der Waals surface area contributed by atoms with E-state index in [2.05, 4.69) is 50.0 Å². The van der Waals surface area contributed by atoms with E-state index < -0.39 is 0 Å². The highest BCUT2D eigenvalue weighted by atomic mass is 14.4. The molecule has 2 aliphatic rings. The van der Waals surface area contributed by atoms with Gasteiger partial charge in [-0.25, -0.2) is 0 Å². The summed E-state index contributed by atoms with van der Waals surface area (Å²) in [6, 6.07) is 9.09. The second kappa shape index (κ2) is 15.6. The zero-order valence-electron chi connectivity index (χ0n) is 22.1. The third kappa shape index (κ3) is 9.89. The fourth-order valence-electron chi connectivity index (χ4n) is 6.42. The Morgan fingerprint density at radius 3 is 1.85 bits per heavy atom. The molecular formula is C33H52. The quantitative estimate of drug-likeness (QED) is 0.220. The Labute approximate surface area is 206 Å². The standard InChI is InChI=1S/C33H52/c1-3-5-7-9-11-13-29-20-24-32(25-21-29)33-26-22-31(23-27-33)19-18-30-16-14-28(15-17-30)12-10-8-6-4-2/h14-17,29,31-33H,3-13,20-27H2,1-2H3/t29-,31?,32-,33?. The lowest BCUT2D eigenvalue weighted by molar-refractivity contribution is 0.153. The topological polar surface area (TPSA) is 0 Å². The van der Waals surface area contributed by atoms with Crippen LogP contribution in [0.3, 0.4) is 0 Å². The van der Waals surface area contributed by atoms with Crippen LogP contribution >= 0.6 is 0 Å². The van der Waals surface area contributed by atoms with Gasteiger partial charge in [0.2, 0.25) is 0 Å². The molecule has 2 saturated carbocycles. The molecule has 2 fully saturated rings. The van der Waals surface area contributed by atoms with Crippen LogP contribution in [-0.2, 0) is 6.42 Å². The molecule has 0 aliphatic heterocycles. The Balaban J connectivity index is 1.31. The van der Waals surface area contributed by atoms with Crippen molar-refractivity contribution >= 4 is 0 Å². The number of rotatable bonds is 12. The molecule has 2 aliphatic carbocycles. The van der Waals surface area contributed by atoms with Crippen molar-refractivity contribution in [1.82, 2.24) is 0 Å². The molecule has 0 aromatic heterocycles. The van der Waals surface area contributed by atoms with Crippen LogP contribution < -0.4 is 0 Å². The summed E-state index contributed by atoms with van der Waals surface area (Å²) in [5.41, 5.74) is 2.69. The first kappa shape index (κ1) is 26.4. The van der Waals surface area contributed by atoms with Crippen molar-refractivity contribution in [2.75, 3.05) is 0 Å². The molecule has 3 rings (SSSR count). The van der Waals surface area contributed by atoms with Crippen molar-refractivity contribution < 1.29 is 0 Å². The number of hydrogen-bond acceptors (Lipinski definition) is 0. The molecule has 0 amide bonds. The fraction of sp³-hybridized carbons (Fsp3) is 0.758. The molecule has 0 heterocycles. The van der Waals surface area contributed by atoms with Crippen LogP contribution in [0.15, 0.2) is 24.3 Å². The van der Waals surface area contributed by atoms with Crippen molar-refractivity contribution in [3.05, 3.63) is 35.4 Å². The summed E-state index contributed by atoms with van der Waals surface area (Å²) >= 11 is 0. The first-order chi connectivity index (χ1) is 16.3. The van der Waals surface area contributed by atoms with Gasteiger partial charge in [0.1, 0.15) is 0 Å². The van der Waals surface area contributed by atoms with Crippen LogP contribution in [-0.4, -0.2) is 0 Å². The molecule has 184 valence electrons. The lowest BCUT2D eigenvalue weighted by atomic mass is 9.69. The summed E-state index contributed by atoms with van der Waals surface area (Å²) in [4.78, 5) is 0. The van der Waals surface area contributed by atoms with Crippen LogP contribution in [0.2, 0.25) is 0 Å². The second-order valence-electron chi connectivity index (χ2n) is 11.4. The highest BCUT2D eigenvalue weighted by Gasteiger charge is 2.30. The van der Waals surface area contributed by atoms with Crippen LogP contribution in [0.25, 0.3) is 0 Å². The zero-order chi connectivity index (χ0) is 23.1. The first-order valence-corrected chi connectivity index (χ1v) is 14.9. The average molecular weight is 449 g/mol. The minimum atomic E-state index is 0.634. The maximum absolute atomic E-state index is 3.64. The molecule has 33 heavy (non-hydrogen) atoms. The molecule has 1 aromatic carbocycles. The molecular weight excluding hydrogens is 396 g/mol. The molecule has 0 bridgehead atoms. The Morgan fingerprint density at radius 1 is 0.636 bits per heavy atom. The zero-order valence-corrected chi connectivity index (χ0v) is 22.1. The summed E-state index contributed by atoms with van der Waals surface area (Å²) in [5.74, 6) is 10.8. The number of aryl methyl sites for hydroxylation is 1.